The molecule has 2 atom stereocenters. The van der Waals surface area contributed by atoms with Crippen LogP contribution < -0.4 is 20.9 Å². The van der Waals surface area contributed by atoms with Gasteiger partial charge in [0.25, 0.3) is 5.56 Å². The predicted molar refractivity (Wildman–Crippen MR) is 122 cm³/mol. The molecule has 1 aromatic carbocycles. The van der Waals surface area contributed by atoms with Gasteiger partial charge in [-0.25, -0.2) is 9.48 Å². The molecule has 2 bridgehead atoms. The van der Waals surface area contributed by atoms with Gasteiger partial charge in [0, 0.05) is 19.5 Å². The molecule has 2 aliphatic heterocycles. The number of fused-ring (bicyclic) bond motifs is 3. The summed E-state index contributed by atoms with van der Waals surface area (Å²) in [5.41, 5.74) is 1.66. The van der Waals surface area contributed by atoms with E-state index in [2.05, 4.69) is 15.7 Å². The molecule has 2 saturated heterocycles. The first-order valence-corrected chi connectivity index (χ1v) is 11.2. The highest BCUT2D eigenvalue weighted by atomic mass is 16.5. The van der Waals surface area contributed by atoms with E-state index in [1.807, 2.05) is 12.1 Å². The Labute approximate surface area is 192 Å². The zero-order valence-corrected chi connectivity index (χ0v) is 19.2. The van der Waals surface area contributed by atoms with Gasteiger partial charge in [-0.1, -0.05) is 24.3 Å². The van der Waals surface area contributed by atoms with Gasteiger partial charge in [-0.2, -0.15) is 5.10 Å². The van der Waals surface area contributed by atoms with Crippen LogP contribution in [0.5, 0.6) is 5.75 Å². The van der Waals surface area contributed by atoms with Crippen LogP contribution in [0.15, 0.2) is 35.3 Å². The van der Waals surface area contributed by atoms with Crippen LogP contribution in [0.1, 0.15) is 31.2 Å². The van der Waals surface area contributed by atoms with Crippen LogP contribution in [0.4, 0.5) is 0 Å². The molecule has 33 heavy (non-hydrogen) atoms. The monoisotopic (exact) mass is 454 g/mol. The fraction of sp³-hybridized carbons (Fsp3) is 0.500. The number of amides is 1. The molecule has 1 aliphatic carbocycles. The number of nitrogens with one attached hydrogen (secondary N) is 2. The summed E-state index contributed by atoms with van der Waals surface area (Å²) in [4.78, 5) is 37.9. The molecular weight excluding hydrogens is 424 g/mol. The fourth-order valence-electron chi connectivity index (χ4n) is 4.88. The van der Waals surface area contributed by atoms with E-state index in [-0.39, 0.29) is 23.9 Å². The normalized spacial score (nSPS) is 22.5. The van der Waals surface area contributed by atoms with Crippen molar-refractivity contribution in [3.05, 3.63) is 46.4 Å². The molecule has 0 radical (unpaired) electrons. The van der Waals surface area contributed by atoms with Gasteiger partial charge in [-0.05, 0) is 42.7 Å². The van der Waals surface area contributed by atoms with Gasteiger partial charge in [-0.15, -0.1) is 0 Å². The summed E-state index contributed by atoms with van der Waals surface area (Å²) >= 11 is 0. The molecule has 1 aromatic heterocycles. The number of ether oxygens (including phenoxy) is 2. The van der Waals surface area contributed by atoms with Crippen molar-refractivity contribution in [1.29, 1.82) is 0 Å². The van der Waals surface area contributed by atoms with E-state index in [0.717, 1.165) is 31.2 Å². The average molecular weight is 455 g/mol. The topological polar surface area (TPSA) is 112 Å². The Morgan fingerprint density at radius 3 is 2.45 bits per heavy atom. The minimum absolute atomic E-state index is 0.151. The summed E-state index contributed by atoms with van der Waals surface area (Å²) in [6.07, 6.45) is 6.07. The van der Waals surface area contributed by atoms with Crippen LogP contribution in [0.3, 0.4) is 0 Å². The molecule has 2 N–H and O–H groups in total. The summed E-state index contributed by atoms with van der Waals surface area (Å²) in [6.45, 7) is 0. The summed E-state index contributed by atoms with van der Waals surface area (Å²) < 4.78 is 11.5. The van der Waals surface area contributed by atoms with Gasteiger partial charge >= 0.3 is 5.97 Å². The molecule has 2 aromatic rings. The van der Waals surface area contributed by atoms with E-state index in [1.165, 1.54) is 25.1 Å². The highest BCUT2D eigenvalue weighted by Crippen LogP contribution is 2.33. The number of piperidine rings is 2. The number of nitrogens with zero attached hydrogens (tertiary/aromatic N) is 2. The van der Waals surface area contributed by atoms with Crippen molar-refractivity contribution in [2.24, 2.45) is 13.0 Å². The third kappa shape index (κ3) is 4.78. The molecule has 9 nitrogen and oxygen atoms in total. The lowest BCUT2D eigenvalue weighted by Gasteiger charge is -2.42. The van der Waals surface area contributed by atoms with Gasteiger partial charge in [0.1, 0.15) is 6.04 Å². The van der Waals surface area contributed by atoms with Crippen LogP contribution in [0.25, 0.3) is 11.1 Å². The Morgan fingerprint density at radius 2 is 1.88 bits per heavy atom. The molecule has 9 heteroatoms. The molecule has 1 amide bonds. The third-order valence-corrected chi connectivity index (χ3v) is 6.75. The van der Waals surface area contributed by atoms with Crippen molar-refractivity contribution in [2.45, 2.75) is 50.2 Å². The average Bonchev–Trinajstić information content (AvgIpc) is 2.85. The number of carbonyl (C=O) groups excluding carboxylic acids is 2. The zero-order valence-electron chi connectivity index (χ0n) is 19.2. The van der Waals surface area contributed by atoms with Crippen LogP contribution in [0.2, 0.25) is 0 Å². The largest absolute Gasteiger partial charge is 0.494 e. The number of carbonyl (C=O) groups is 2. The van der Waals surface area contributed by atoms with Crippen molar-refractivity contribution in [3.63, 3.8) is 0 Å². The Kier molecular flexibility index (Phi) is 6.78. The Hall–Kier alpha value is -3.20. The number of aromatic nitrogens is 2. The summed E-state index contributed by atoms with van der Waals surface area (Å²) in [5, 5.41) is 10.3. The number of aryl methyl sites for hydroxylation is 1. The number of esters is 1. The van der Waals surface area contributed by atoms with Crippen molar-refractivity contribution >= 4 is 11.9 Å². The minimum atomic E-state index is -0.793. The SMILES string of the molecule is COC(=O)[C@H](Cc1ccc(-c2c(OC)cnn(C)c2=O)cc1)NC(=O)[C@H]1NC2CCC1CC2. The van der Waals surface area contributed by atoms with Crippen LogP contribution in [-0.4, -0.2) is 54.0 Å². The minimum Gasteiger partial charge on any atom is -0.494 e. The summed E-state index contributed by atoms with van der Waals surface area (Å²) in [5.74, 6) is 0.0601. The first-order chi connectivity index (χ1) is 15.9. The number of benzene rings is 1. The fourth-order valence-corrected chi connectivity index (χ4v) is 4.88. The van der Waals surface area contributed by atoms with E-state index in [1.54, 1.807) is 19.2 Å². The number of methoxy groups -OCH3 is 2. The quantitative estimate of drug-likeness (QED) is 0.605. The van der Waals surface area contributed by atoms with Gasteiger partial charge in [0.2, 0.25) is 5.91 Å². The van der Waals surface area contributed by atoms with Crippen LogP contribution in [0, 0.1) is 5.92 Å². The molecule has 1 saturated carbocycles. The van der Waals surface area contributed by atoms with Crippen molar-refractivity contribution in [2.75, 3.05) is 14.2 Å². The van der Waals surface area contributed by atoms with Gasteiger partial charge in [-0.3, -0.25) is 9.59 Å². The molecule has 0 unspecified atom stereocenters. The smallest absolute Gasteiger partial charge is 0.328 e. The molecule has 176 valence electrons. The van der Waals surface area contributed by atoms with E-state index >= 15 is 0 Å². The van der Waals surface area contributed by atoms with E-state index in [0.29, 0.717) is 28.8 Å². The van der Waals surface area contributed by atoms with Crippen molar-refractivity contribution in [3.8, 4) is 16.9 Å². The maximum atomic E-state index is 12.9. The lowest BCUT2D eigenvalue weighted by Crippen LogP contribution is -2.60. The second-order valence-electron chi connectivity index (χ2n) is 8.76. The van der Waals surface area contributed by atoms with Crippen LogP contribution >= 0.6 is 0 Å². The highest BCUT2D eigenvalue weighted by Gasteiger charge is 2.40. The summed E-state index contributed by atoms with van der Waals surface area (Å²) in [7, 11) is 4.39. The highest BCUT2D eigenvalue weighted by molar-refractivity contribution is 5.88. The first-order valence-electron chi connectivity index (χ1n) is 11.2. The van der Waals surface area contributed by atoms with Gasteiger partial charge < -0.3 is 20.1 Å². The van der Waals surface area contributed by atoms with Gasteiger partial charge in [0.15, 0.2) is 5.75 Å². The second-order valence-corrected chi connectivity index (χ2v) is 8.76. The Morgan fingerprint density at radius 1 is 1.18 bits per heavy atom. The molecule has 5 rings (SSSR count). The van der Waals surface area contributed by atoms with Crippen molar-refractivity contribution < 1.29 is 19.1 Å². The van der Waals surface area contributed by atoms with Crippen molar-refractivity contribution in [1.82, 2.24) is 20.4 Å². The molecule has 0 spiro atoms. The Balaban J connectivity index is 1.50. The molecular formula is C24H30N4O5. The maximum Gasteiger partial charge on any atom is 0.328 e. The maximum absolute atomic E-state index is 12.9. The Bertz CT molecular complexity index is 1070. The zero-order chi connectivity index (χ0) is 23.5. The number of hydrogen-bond donors (Lipinski definition) is 2. The number of rotatable bonds is 7. The predicted octanol–water partition coefficient (Wildman–Crippen LogP) is 1.19. The lowest BCUT2D eigenvalue weighted by molar-refractivity contribution is -0.145. The van der Waals surface area contributed by atoms with E-state index in [9.17, 15) is 14.4 Å². The molecule has 3 aliphatic rings. The lowest BCUT2D eigenvalue weighted by atomic mass is 9.76. The van der Waals surface area contributed by atoms with Crippen LogP contribution in [-0.2, 0) is 27.8 Å². The van der Waals surface area contributed by atoms with E-state index in [4.69, 9.17) is 9.47 Å². The van der Waals surface area contributed by atoms with E-state index < -0.39 is 12.0 Å². The standard InChI is InChI=1S/C24H30N4O5/c1-28-23(30)20(19(32-2)13-25-28)15-6-4-14(5-7-15)12-18(24(31)33-3)27-22(29)21-16-8-10-17(26-21)11-9-16/h4-7,13,16-18,21,26H,8-12H2,1-3H3,(H,27,29)/t16?,17?,18-,21-/m0/s1. The summed E-state index contributed by atoms with van der Waals surface area (Å²) in [6, 6.07) is 6.59. The first kappa shape index (κ1) is 23.0. The third-order valence-electron chi connectivity index (χ3n) is 6.75. The second kappa shape index (κ2) is 9.74. The van der Waals surface area contributed by atoms with Gasteiger partial charge in [0.05, 0.1) is 32.0 Å². The molecule has 3 fully saturated rings. The molecule has 3 heterocycles. The number of hydrogen-bond acceptors (Lipinski definition) is 7.